The van der Waals surface area contributed by atoms with Gasteiger partial charge in [0, 0.05) is 22.7 Å². The number of hydrogen-bond acceptors (Lipinski definition) is 7. The first-order chi connectivity index (χ1) is 13.6. The van der Waals surface area contributed by atoms with E-state index in [1.165, 1.54) is 0 Å². The fourth-order valence-electron chi connectivity index (χ4n) is 3.29. The highest BCUT2D eigenvalue weighted by Gasteiger charge is 2.27. The average molecular weight is 373 g/mol. The number of hydrogen-bond donors (Lipinski definition) is 3. The molecule has 1 aliphatic heterocycles. The number of nitrogens with one attached hydrogen (secondary N) is 2. The summed E-state index contributed by atoms with van der Waals surface area (Å²) in [7, 11) is 0. The molecular formula is C20H19N7O. The Hall–Kier alpha value is -3.57. The summed E-state index contributed by atoms with van der Waals surface area (Å²) in [6.07, 6.45) is 2.43. The molecule has 1 amide bonds. The third-order valence-corrected chi connectivity index (χ3v) is 4.95. The van der Waals surface area contributed by atoms with Crippen LogP contribution >= 0.6 is 0 Å². The van der Waals surface area contributed by atoms with Crippen LogP contribution in [0.3, 0.4) is 0 Å². The second-order valence-corrected chi connectivity index (χ2v) is 6.77. The molecule has 3 heterocycles. The van der Waals surface area contributed by atoms with Crippen molar-refractivity contribution >= 4 is 22.6 Å². The maximum atomic E-state index is 12.2. The molecule has 4 N–H and O–H groups in total. The molecule has 8 heteroatoms. The Morgan fingerprint density at radius 3 is 2.89 bits per heavy atom. The summed E-state index contributed by atoms with van der Waals surface area (Å²) < 4.78 is 0. The quantitative estimate of drug-likeness (QED) is 0.633. The van der Waals surface area contributed by atoms with Crippen LogP contribution in [0.25, 0.3) is 22.0 Å². The Morgan fingerprint density at radius 2 is 2.21 bits per heavy atom. The summed E-state index contributed by atoms with van der Waals surface area (Å²) in [5.41, 5.74) is 9.79. The molecule has 0 spiro atoms. The molecule has 1 aliphatic rings. The Bertz CT molecular complexity index is 1080. The standard InChI is InChI=1S/C20H19N7O/c1-11-5-7-24-19(22)17(11)13-4-2-3-12-9-15(26-27-18(12)13)16(10-21)25-20(28)14-6-8-23-14/h2-5,7,9,14,16,23H,6,8H2,1H3,(H2,22,24)(H,25,28). The Kier molecular flexibility index (Phi) is 4.59. The van der Waals surface area contributed by atoms with Crippen LogP contribution in [0.2, 0.25) is 0 Å². The van der Waals surface area contributed by atoms with E-state index >= 15 is 0 Å². The number of pyridine rings is 1. The van der Waals surface area contributed by atoms with Gasteiger partial charge in [0.25, 0.3) is 0 Å². The molecule has 1 fully saturated rings. The first-order valence-corrected chi connectivity index (χ1v) is 8.99. The van der Waals surface area contributed by atoms with Crippen molar-refractivity contribution in [2.24, 2.45) is 0 Å². The van der Waals surface area contributed by atoms with E-state index in [1.54, 1.807) is 12.3 Å². The van der Waals surface area contributed by atoms with Gasteiger partial charge in [-0.1, -0.05) is 18.2 Å². The van der Waals surface area contributed by atoms with Gasteiger partial charge in [0.2, 0.25) is 5.91 Å². The molecule has 0 aliphatic carbocycles. The monoisotopic (exact) mass is 373 g/mol. The smallest absolute Gasteiger partial charge is 0.238 e. The van der Waals surface area contributed by atoms with Crippen LogP contribution in [0.5, 0.6) is 0 Å². The van der Waals surface area contributed by atoms with E-state index in [2.05, 4.69) is 31.9 Å². The van der Waals surface area contributed by atoms with Crippen molar-refractivity contribution in [3.05, 3.63) is 47.8 Å². The number of nitriles is 1. The molecule has 4 rings (SSSR count). The molecule has 140 valence electrons. The second kappa shape index (κ2) is 7.21. The van der Waals surface area contributed by atoms with Crippen LogP contribution in [0, 0.1) is 18.3 Å². The van der Waals surface area contributed by atoms with E-state index in [0.29, 0.717) is 17.0 Å². The van der Waals surface area contributed by atoms with Crippen molar-refractivity contribution < 1.29 is 4.79 Å². The number of benzene rings is 1. The Morgan fingerprint density at radius 1 is 1.39 bits per heavy atom. The minimum absolute atomic E-state index is 0.202. The van der Waals surface area contributed by atoms with Gasteiger partial charge in [-0.3, -0.25) is 4.79 Å². The minimum atomic E-state index is -0.861. The van der Waals surface area contributed by atoms with Crippen molar-refractivity contribution in [3.8, 4) is 17.2 Å². The van der Waals surface area contributed by atoms with Gasteiger partial charge in [0.1, 0.15) is 17.0 Å². The van der Waals surface area contributed by atoms with Crippen molar-refractivity contribution in [3.63, 3.8) is 0 Å². The molecule has 1 saturated heterocycles. The zero-order valence-electron chi connectivity index (χ0n) is 15.3. The first-order valence-electron chi connectivity index (χ1n) is 8.99. The van der Waals surface area contributed by atoms with Gasteiger partial charge in [0.05, 0.1) is 12.1 Å². The highest BCUT2D eigenvalue weighted by molar-refractivity contribution is 5.96. The van der Waals surface area contributed by atoms with E-state index in [-0.39, 0.29) is 11.9 Å². The predicted octanol–water partition coefficient (Wildman–Crippen LogP) is 1.63. The van der Waals surface area contributed by atoms with Crippen LogP contribution in [0.4, 0.5) is 5.82 Å². The zero-order chi connectivity index (χ0) is 19.7. The molecule has 0 bridgehead atoms. The van der Waals surface area contributed by atoms with Gasteiger partial charge in [-0.15, -0.1) is 5.10 Å². The topological polar surface area (TPSA) is 130 Å². The van der Waals surface area contributed by atoms with E-state index < -0.39 is 6.04 Å². The van der Waals surface area contributed by atoms with E-state index in [9.17, 15) is 10.1 Å². The number of aromatic nitrogens is 3. The molecular weight excluding hydrogens is 354 g/mol. The number of nitrogens with two attached hydrogens (primary N) is 1. The normalized spacial score (nSPS) is 16.8. The SMILES string of the molecule is Cc1ccnc(N)c1-c1cccc2cc(C(C#N)NC(=O)C3CCN3)nnc12. The lowest BCUT2D eigenvalue weighted by molar-refractivity contribution is -0.125. The van der Waals surface area contributed by atoms with E-state index in [1.807, 2.05) is 31.2 Å². The molecule has 3 aromatic rings. The highest BCUT2D eigenvalue weighted by Crippen LogP contribution is 2.33. The van der Waals surface area contributed by atoms with Gasteiger partial charge in [-0.25, -0.2) is 4.98 Å². The van der Waals surface area contributed by atoms with Crippen LogP contribution in [-0.4, -0.2) is 33.7 Å². The molecule has 8 nitrogen and oxygen atoms in total. The lowest BCUT2D eigenvalue weighted by atomic mass is 9.98. The van der Waals surface area contributed by atoms with E-state index in [4.69, 9.17) is 5.73 Å². The summed E-state index contributed by atoms with van der Waals surface area (Å²) in [5, 5.41) is 24.6. The number of rotatable bonds is 4. The first kappa shape index (κ1) is 17.8. The molecule has 0 saturated carbocycles. The number of anilines is 1. The second-order valence-electron chi connectivity index (χ2n) is 6.77. The maximum Gasteiger partial charge on any atom is 0.238 e. The number of aryl methyl sites for hydroxylation is 1. The number of carbonyl (C=O) groups excluding carboxylic acids is 1. The minimum Gasteiger partial charge on any atom is -0.383 e. The molecule has 2 atom stereocenters. The number of carbonyl (C=O) groups is 1. The van der Waals surface area contributed by atoms with Gasteiger partial charge < -0.3 is 16.4 Å². The number of nitrogens with zero attached hydrogens (tertiary/aromatic N) is 4. The summed E-state index contributed by atoms with van der Waals surface area (Å²) in [6, 6.07) is 10.4. The van der Waals surface area contributed by atoms with Crippen LogP contribution in [-0.2, 0) is 4.79 Å². The Balaban J connectivity index is 1.72. The van der Waals surface area contributed by atoms with Crippen LogP contribution < -0.4 is 16.4 Å². The van der Waals surface area contributed by atoms with Crippen molar-refractivity contribution in [1.82, 2.24) is 25.8 Å². The van der Waals surface area contributed by atoms with Crippen molar-refractivity contribution in [2.45, 2.75) is 25.4 Å². The highest BCUT2D eigenvalue weighted by atomic mass is 16.2. The molecule has 28 heavy (non-hydrogen) atoms. The largest absolute Gasteiger partial charge is 0.383 e. The van der Waals surface area contributed by atoms with Gasteiger partial charge in [-0.2, -0.15) is 10.4 Å². The fraction of sp³-hybridized carbons (Fsp3) is 0.250. The third-order valence-electron chi connectivity index (χ3n) is 4.95. The Labute approximate surface area is 161 Å². The summed E-state index contributed by atoms with van der Waals surface area (Å²) in [5.74, 6) is 0.223. The molecule has 0 radical (unpaired) electrons. The number of fused-ring (bicyclic) bond motifs is 1. The fourth-order valence-corrected chi connectivity index (χ4v) is 3.29. The summed E-state index contributed by atoms with van der Waals surface area (Å²) >= 11 is 0. The average Bonchev–Trinajstić information content (AvgIpc) is 2.64. The number of amides is 1. The molecule has 1 aromatic carbocycles. The molecule has 2 unspecified atom stereocenters. The molecule has 2 aromatic heterocycles. The van der Waals surface area contributed by atoms with Crippen molar-refractivity contribution in [1.29, 1.82) is 5.26 Å². The van der Waals surface area contributed by atoms with Gasteiger partial charge >= 0.3 is 0 Å². The summed E-state index contributed by atoms with van der Waals surface area (Å²) in [6.45, 7) is 2.77. The predicted molar refractivity (Wildman–Crippen MR) is 105 cm³/mol. The third kappa shape index (κ3) is 3.12. The van der Waals surface area contributed by atoms with E-state index in [0.717, 1.165) is 35.0 Å². The van der Waals surface area contributed by atoms with Crippen LogP contribution in [0.1, 0.15) is 23.7 Å². The zero-order valence-corrected chi connectivity index (χ0v) is 15.3. The van der Waals surface area contributed by atoms with Crippen molar-refractivity contribution in [2.75, 3.05) is 12.3 Å². The van der Waals surface area contributed by atoms with Crippen LogP contribution in [0.15, 0.2) is 36.5 Å². The maximum absolute atomic E-state index is 12.2. The lowest BCUT2D eigenvalue weighted by Gasteiger charge is -2.27. The number of nitrogen functional groups attached to an aromatic ring is 1. The van der Waals surface area contributed by atoms with Gasteiger partial charge in [0.15, 0.2) is 6.04 Å². The lowest BCUT2D eigenvalue weighted by Crippen LogP contribution is -2.53. The summed E-state index contributed by atoms with van der Waals surface area (Å²) in [4.78, 5) is 16.3. The van der Waals surface area contributed by atoms with Gasteiger partial charge in [-0.05, 0) is 37.6 Å².